The largest absolute Gasteiger partial charge is 0.476 e. The summed E-state index contributed by atoms with van der Waals surface area (Å²) < 4.78 is 0. The summed E-state index contributed by atoms with van der Waals surface area (Å²) in [6.07, 6.45) is 1.67. The fourth-order valence-electron chi connectivity index (χ4n) is 1.76. The first-order valence-corrected chi connectivity index (χ1v) is 6.40. The lowest BCUT2D eigenvalue weighted by atomic mass is 10.2. The molecule has 0 unspecified atom stereocenters. The number of thiazole rings is 1. The van der Waals surface area contributed by atoms with E-state index in [1.54, 1.807) is 6.20 Å². The Morgan fingerprint density at radius 2 is 2.11 bits per heavy atom. The predicted octanol–water partition coefficient (Wildman–Crippen LogP) is 3.13. The van der Waals surface area contributed by atoms with Crippen LogP contribution in [0.25, 0.3) is 10.9 Å². The zero-order valence-corrected chi connectivity index (χ0v) is 10.5. The average Bonchev–Trinajstić information content (AvgIpc) is 2.87. The average molecular weight is 271 g/mol. The minimum absolute atomic E-state index is 0.0261. The third-order valence-electron chi connectivity index (χ3n) is 2.62. The number of hydrogen-bond donors (Lipinski definition) is 2. The van der Waals surface area contributed by atoms with Crippen molar-refractivity contribution in [2.75, 3.05) is 5.32 Å². The molecule has 0 bridgehead atoms. The van der Waals surface area contributed by atoms with E-state index in [1.165, 1.54) is 16.8 Å². The summed E-state index contributed by atoms with van der Waals surface area (Å²) >= 11 is 1.25. The smallest absolute Gasteiger partial charge is 0.357 e. The molecule has 0 fully saturated rings. The second-order valence-electron chi connectivity index (χ2n) is 3.88. The molecule has 0 amide bonds. The number of benzene rings is 1. The number of pyridine rings is 1. The van der Waals surface area contributed by atoms with Crippen molar-refractivity contribution in [3.8, 4) is 0 Å². The van der Waals surface area contributed by atoms with E-state index in [-0.39, 0.29) is 5.69 Å². The Morgan fingerprint density at radius 3 is 2.95 bits per heavy atom. The summed E-state index contributed by atoms with van der Waals surface area (Å²) in [6, 6.07) is 9.66. The fraction of sp³-hybridized carbons (Fsp3) is 0. The normalized spacial score (nSPS) is 10.5. The maximum atomic E-state index is 11.0. The van der Waals surface area contributed by atoms with Gasteiger partial charge in [0.2, 0.25) is 0 Å². The second kappa shape index (κ2) is 4.66. The molecule has 19 heavy (non-hydrogen) atoms. The number of carboxylic acid groups (broad SMARTS) is 1. The maximum Gasteiger partial charge on any atom is 0.357 e. The molecule has 0 radical (unpaired) electrons. The number of carboxylic acids is 1. The van der Waals surface area contributed by atoms with Gasteiger partial charge in [-0.25, -0.2) is 9.78 Å². The molecule has 0 atom stereocenters. The summed E-state index contributed by atoms with van der Waals surface area (Å²) in [7, 11) is 0. The summed E-state index contributed by atoms with van der Waals surface area (Å²) in [4.78, 5) is 19.1. The van der Waals surface area contributed by atoms with Gasteiger partial charge in [-0.15, -0.1) is 11.3 Å². The molecule has 94 valence electrons. The Kier molecular flexibility index (Phi) is 2.85. The van der Waals surface area contributed by atoms with Crippen molar-refractivity contribution >= 4 is 38.9 Å². The third-order valence-corrected chi connectivity index (χ3v) is 3.36. The molecule has 0 aliphatic rings. The zero-order valence-electron chi connectivity index (χ0n) is 9.70. The molecular formula is C13H9N3O2S. The summed E-state index contributed by atoms with van der Waals surface area (Å²) in [5, 5.41) is 13.5. The van der Waals surface area contributed by atoms with Gasteiger partial charge in [0.25, 0.3) is 0 Å². The van der Waals surface area contributed by atoms with Gasteiger partial charge in [-0.2, -0.15) is 0 Å². The molecule has 3 aromatic rings. The van der Waals surface area contributed by atoms with Crippen molar-refractivity contribution < 1.29 is 9.90 Å². The van der Waals surface area contributed by atoms with Gasteiger partial charge >= 0.3 is 5.97 Å². The van der Waals surface area contributed by atoms with E-state index in [2.05, 4.69) is 15.3 Å². The van der Waals surface area contributed by atoms with Crippen LogP contribution in [0.1, 0.15) is 10.5 Å². The van der Waals surface area contributed by atoms with E-state index >= 15 is 0 Å². The SMILES string of the molecule is O=C(O)c1ncsc1Nc1cnc2ccccc2c1. The number of para-hydroxylation sites is 1. The summed E-state index contributed by atoms with van der Waals surface area (Å²) in [5.41, 5.74) is 3.17. The van der Waals surface area contributed by atoms with Crippen LogP contribution >= 0.6 is 11.3 Å². The van der Waals surface area contributed by atoms with Crippen LogP contribution in [-0.2, 0) is 0 Å². The highest BCUT2D eigenvalue weighted by Crippen LogP contribution is 2.26. The molecule has 1 aromatic carbocycles. The molecule has 0 spiro atoms. The number of nitrogens with one attached hydrogen (secondary N) is 1. The Labute approximate surface area is 112 Å². The lowest BCUT2D eigenvalue weighted by molar-refractivity contribution is 0.0692. The van der Waals surface area contributed by atoms with Gasteiger partial charge in [0, 0.05) is 5.39 Å². The molecular weight excluding hydrogens is 262 g/mol. The van der Waals surface area contributed by atoms with E-state index < -0.39 is 5.97 Å². The molecule has 2 N–H and O–H groups in total. The quantitative estimate of drug-likeness (QED) is 0.765. The van der Waals surface area contributed by atoms with Crippen LogP contribution in [0, 0.1) is 0 Å². The number of anilines is 2. The van der Waals surface area contributed by atoms with Crippen LogP contribution < -0.4 is 5.32 Å². The number of aromatic nitrogens is 2. The monoisotopic (exact) mass is 271 g/mol. The molecule has 0 aliphatic heterocycles. The first kappa shape index (κ1) is 11.6. The number of fused-ring (bicyclic) bond motifs is 1. The van der Waals surface area contributed by atoms with Gasteiger partial charge in [-0.3, -0.25) is 4.98 Å². The summed E-state index contributed by atoms with van der Waals surface area (Å²) in [5.74, 6) is -1.04. The second-order valence-corrected chi connectivity index (χ2v) is 4.73. The van der Waals surface area contributed by atoms with Crippen LogP contribution in [-0.4, -0.2) is 21.0 Å². The van der Waals surface area contributed by atoms with Crippen LogP contribution in [0.15, 0.2) is 42.0 Å². The maximum absolute atomic E-state index is 11.0. The van der Waals surface area contributed by atoms with E-state index in [1.807, 2.05) is 30.3 Å². The first-order chi connectivity index (χ1) is 9.24. The molecule has 3 rings (SSSR count). The number of aromatic carboxylic acids is 1. The van der Waals surface area contributed by atoms with E-state index in [0.717, 1.165) is 16.6 Å². The topological polar surface area (TPSA) is 75.1 Å². The van der Waals surface area contributed by atoms with Gasteiger partial charge in [-0.1, -0.05) is 18.2 Å². The molecule has 5 nitrogen and oxygen atoms in total. The van der Waals surface area contributed by atoms with Gasteiger partial charge < -0.3 is 10.4 Å². The minimum atomic E-state index is -1.04. The van der Waals surface area contributed by atoms with Crippen molar-refractivity contribution in [2.45, 2.75) is 0 Å². The zero-order chi connectivity index (χ0) is 13.2. The van der Waals surface area contributed by atoms with Crippen LogP contribution in [0.5, 0.6) is 0 Å². The van der Waals surface area contributed by atoms with Crippen LogP contribution in [0.2, 0.25) is 0 Å². The van der Waals surface area contributed by atoms with Gasteiger partial charge in [-0.05, 0) is 12.1 Å². The Morgan fingerprint density at radius 1 is 1.26 bits per heavy atom. The van der Waals surface area contributed by atoms with Crippen LogP contribution in [0.4, 0.5) is 10.7 Å². The Bertz CT molecular complexity index is 754. The lowest BCUT2D eigenvalue weighted by Crippen LogP contribution is -2.01. The van der Waals surface area contributed by atoms with Crippen molar-refractivity contribution in [1.82, 2.24) is 9.97 Å². The number of hydrogen-bond acceptors (Lipinski definition) is 5. The minimum Gasteiger partial charge on any atom is -0.476 e. The number of carbonyl (C=O) groups is 1. The van der Waals surface area contributed by atoms with E-state index in [4.69, 9.17) is 5.11 Å². The first-order valence-electron chi connectivity index (χ1n) is 5.52. The summed E-state index contributed by atoms with van der Waals surface area (Å²) in [6.45, 7) is 0. The van der Waals surface area contributed by atoms with Gasteiger partial charge in [0.05, 0.1) is 22.9 Å². The lowest BCUT2D eigenvalue weighted by Gasteiger charge is -2.05. The highest BCUT2D eigenvalue weighted by atomic mass is 32.1. The number of rotatable bonds is 3. The van der Waals surface area contributed by atoms with Crippen molar-refractivity contribution in [3.05, 3.63) is 47.7 Å². The highest BCUT2D eigenvalue weighted by molar-refractivity contribution is 7.14. The van der Waals surface area contributed by atoms with Gasteiger partial charge in [0.1, 0.15) is 5.00 Å². The molecule has 2 heterocycles. The molecule has 0 saturated heterocycles. The van der Waals surface area contributed by atoms with Crippen LogP contribution in [0.3, 0.4) is 0 Å². The molecule has 0 aliphatic carbocycles. The van der Waals surface area contributed by atoms with Gasteiger partial charge in [0.15, 0.2) is 5.69 Å². The van der Waals surface area contributed by atoms with E-state index in [0.29, 0.717) is 5.00 Å². The third kappa shape index (κ3) is 2.25. The molecule has 0 saturated carbocycles. The fourth-order valence-corrected chi connectivity index (χ4v) is 2.45. The highest BCUT2D eigenvalue weighted by Gasteiger charge is 2.13. The van der Waals surface area contributed by atoms with E-state index in [9.17, 15) is 4.79 Å². The standard InChI is InChI=1S/C13H9N3O2S/c17-13(18)11-12(19-7-15-11)16-9-5-8-3-1-2-4-10(8)14-6-9/h1-7,16H,(H,17,18). The Hall–Kier alpha value is -2.47. The van der Waals surface area contributed by atoms with Crippen molar-refractivity contribution in [2.24, 2.45) is 0 Å². The van der Waals surface area contributed by atoms with Crippen molar-refractivity contribution in [3.63, 3.8) is 0 Å². The van der Waals surface area contributed by atoms with Crippen molar-refractivity contribution in [1.29, 1.82) is 0 Å². The predicted molar refractivity (Wildman–Crippen MR) is 74.1 cm³/mol. The molecule has 2 aromatic heterocycles. The Balaban J connectivity index is 1.97. The molecule has 6 heteroatoms. The number of nitrogens with zero attached hydrogens (tertiary/aromatic N) is 2.